The number of rotatable bonds is 1. The van der Waals surface area contributed by atoms with Gasteiger partial charge in [0.25, 0.3) is 0 Å². The van der Waals surface area contributed by atoms with Crippen molar-refractivity contribution in [3.8, 4) is 11.4 Å². The third kappa shape index (κ3) is 2.01. The highest BCUT2D eigenvalue weighted by Gasteiger charge is 2.13. The molecule has 0 spiro atoms. The van der Waals surface area contributed by atoms with Crippen LogP contribution in [-0.2, 0) is 12.5 Å². The van der Waals surface area contributed by atoms with Crippen molar-refractivity contribution < 1.29 is 0 Å². The van der Waals surface area contributed by atoms with E-state index < -0.39 is 0 Å². The van der Waals surface area contributed by atoms with Crippen LogP contribution < -0.4 is 0 Å². The molecule has 0 aliphatic carbocycles. The summed E-state index contributed by atoms with van der Waals surface area (Å²) in [5.41, 5.74) is 2.73. The lowest BCUT2D eigenvalue weighted by molar-refractivity contribution is 0.590. The van der Waals surface area contributed by atoms with Crippen LogP contribution in [-0.4, -0.2) is 9.55 Å². The van der Waals surface area contributed by atoms with E-state index in [9.17, 15) is 0 Å². The maximum atomic E-state index is 4.34. The van der Waals surface area contributed by atoms with Gasteiger partial charge in [0.05, 0.1) is 0 Å². The van der Waals surface area contributed by atoms with E-state index in [1.807, 2.05) is 24.0 Å². The van der Waals surface area contributed by atoms with Gasteiger partial charge in [-0.1, -0.05) is 45.0 Å². The van der Waals surface area contributed by atoms with Crippen LogP contribution in [0.15, 0.2) is 36.7 Å². The summed E-state index contributed by atoms with van der Waals surface area (Å²) in [5.74, 6) is 1.01. The topological polar surface area (TPSA) is 17.8 Å². The molecule has 0 aliphatic rings. The molecule has 0 saturated heterocycles. The van der Waals surface area contributed by atoms with Crippen molar-refractivity contribution in [2.45, 2.75) is 26.2 Å². The molecule has 0 aliphatic heterocycles. The molecule has 2 rings (SSSR count). The summed E-state index contributed by atoms with van der Waals surface area (Å²) in [6.07, 6.45) is 3.79. The number of hydrogen-bond acceptors (Lipinski definition) is 1. The fourth-order valence-electron chi connectivity index (χ4n) is 1.76. The summed E-state index contributed by atoms with van der Waals surface area (Å²) in [6, 6.07) is 8.65. The number of imidazole rings is 1. The number of aryl methyl sites for hydroxylation is 1. The molecule has 0 atom stereocenters. The normalized spacial score (nSPS) is 11.8. The van der Waals surface area contributed by atoms with Crippen LogP contribution in [0.1, 0.15) is 26.3 Å². The van der Waals surface area contributed by atoms with Gasteiger partial charge in [0.15, 0.2) is 0 Å². The van der Waals surface area contributed by atoms with Crippen LogP contribution in [0, 0.1) is 0 Å². The Labute approximate surface area is 97.0 Å². The minimum Gasteiger partial charge on any atom is -0.334 e. The van der Waals surface area contributed by atoms with Crippen molar-refractivity contribution in [3.63, 3.8) is 0 Å². The predicted octanol–water partition coefficient (Wildman–Crippen LogP) is 3.38. The molecular formula is C14H18N2. The Morgan fingerprint density at radius 3 is 2.12 bits per heavy atom. The Hall–Kier alpha value is -1.57. The molecule has 2 nitrogen and oxygen atoms in total. The van der Waals surface area contributed by atoms with Crippen LogP contribution in [0.25, 0.3) is 11.4 Å². The Morgan fingerprint density at radius 1 is 1.06 bits per heavy atom. The van der Waals surface area contributed by atoms with E-state index in [0.29, 0.717) is 0 Å². The van der Waals surface area contributed by atoms with Gasteiger partial charge in [-0.3, -0.25) is 0 Å². The van der Waals surface area contributed by atoms with Crippen LogP contribution >= 0.6 is 0 Å². The second-order valence-electron chi connectivity index (χ2n) is 5.19. The van der Waals surface area contributed by atoms with Gasteiger partial charge in [-0.15, -0.1) is 0 Å². The lowest BCUT2D eigenvalue weighted by Crippen LogP contribution is -2.10. The number of aromatic nitrogens is 2. The molecule has 0 bridgehead atoms. The van der Waals surface area contributed by atoms with Gasteiger partial charge < -0.3 is 4.57 Å². The first-order valence-corrected chi connectivity index (χ1v) is 5.57. The molecule has 1 heterocycles. The first-order chi connectivity index (χ1) is 7.48. The largest absolute Gasteiger partial charge is 0.334 e. The van der Waals surface area contributed by atoms with Crippen molar-refractivity contribution in [1.82, 2.24) is 9.55 Å². The number of benzene rings is 1. The molecule has 0 saturated carbocycles. The molecular weight excluding hydrogens is 196 g/mol. The molecule has 0 unspecified atom stereocenters. The average molecular weight is 214 g/mol. The lowest BCUT2D eigenvalue weighted by atomic mass is 9.87. The number of hydrogen-bond donors (Lipinski definition) is 0. The standard InChI is InChI=1S/C14H18N2/c1-14(2,3)12-7-5-11(6-8-12)13-15-9-10-16(13)4/h5-10H,1-4H3. The van der Waals surface area contributed by atoms with E-state index in [0.717, 1.165) is 5.82 Å². The van der Waals surface area contributed by atoms with Gasteiger partial charge in [0, 0.05) is 25.0 Å². The van der Waals surface area contributed by atoms with Crippen LogP contribution in [0.4, 0.5) is 0 Å². The predicted molar refractivity (Wildman–Crippen MR) is 67.3 cm³/mol. The lowest BCUT2D eigenvalue weighted by Gasteiger charge is -2.19. The van der Waals surface area contributed by atoms with Crippen molar-refractivity contribution in [2.24, 2.45) is 7.05 Å². The summed E-state index contributed by atoms with van der Waals surface area (Å²) >= 11 is 0. The minimum atomic E-state index is 0.208. The van der Waals surface area contributed by atoms with Crippen molar-refractivity contribution >= 4 is 0 Å². The average Bonchev–Trinajstić information content (AvgIpc) is 2.63. The van der Waals surface area contributed by atoms with Crippen molar-refractivity contribution in [2.75, 3.05) is 0 Å². The third-order valence-electron chi connectivity index (χ3n) is 2.83. The van der Waals surface area contributed by atoms with E-state index in [1.165, 1.54) is 11.1 Å². The van der Waals surface area contributed by atoms with E-state index in [-0.39, 0.29) is 5.41 Å². The molecule has 0 fully saturated rings. The third-order valence-corrected chi connectivity index (χ3v) is 2.83. The van der Waals surface area contributed by atoms with Gasteiger partial charge in [-0.2, -0.15) is 0 Å². The molecule has 0 radical (unpaired) electrons. The highest BCUT2D eigenvalue weighted by Crippen LogP contribution is 2.25. The highest BCUT2D eigenvalue weighted by atomic mass is 15.0. The van der Waals surface area contributed by atoms with Crippen molar-refractivity contribution in [3.05, 3.63) is 42.2 Å². The van der Waals surface area contributed by atoms with Crippen LogP contribution in [0.5, 0.6) is 0 Å². The van der Waals surface area contributed by atoms with Gasteiger partial charge in [-0.05, 0) is 11.0 Å². The van der Waals surface area contributed by atoms with E-state index in [2.05, 4.69) is 50.0 Å². The molecule has 0 amide bonds. The Balaban J connectivity index is 2.37. The van der Waals surface area contributed by atoms with E-state index >= 15 is 0 Å². The smallest absolute Gasteiger partial charge is 0.139 e. The zero-order valence-electron chi connectivity index (χ0n) is 10.4. The summed E-state index contributed by atoms with van der Waals surface area (Å²) in [7, 11) is 2.01. The Bertz CT molecular complexity index is 472. The summed E-state index contributed by atoms with van der Waals surface area (Å²) < 4.78 is 2.03. The maximum absolute atomic E-state index is 4.34. The first-order valence-electron chi connectivity index (χ1n) is 5.57. The monoisotopic (exact) mass is 214 g/mol. The highest BCUT2D eigenvalue weighted by molar-refractivity contribution is 5.56. The van der Waals surface area contributed by atoms with Gasteiger partial charge >= 0.3 is 0 Å². The van der Waals surface area contributed by atoms with E-state index in [4.69, 9.17) is 0 Å². The van der Waals surface area contributed by atoms with Crippen molar-refractivity contribution in [1.29, 1.82) is 0 Å². The summed E-state index contributed by atoms with van der Waals surface area (Å²) in [5, 5.41) is 0. The minimum absolute atomic E-state index is 0.208. The number of nitrogens with zero attached hydrogens (tertiary/aromatic N) is 2. The van der Waals surface area contributed by atoms with Gasteiger partial charge in [0.2, 0.25) is 0 Å². The molecule has 84 valence electrons. The Kier molecular flexibility index (Phi) is 2.58. The first kappa shape index (κ1) is 10.9. The SMILES string of the molecule is Cn1ccnc1-c1ccc(C(C)(C)C)cc1. The molecule has 0 N–H and O–H groups in total. The summed E-state index contributed by atoms with van der Waals surface area (Å²) in [4.78, 5) is 4.34. The van der Waals surface area contributed by atoms with Gasteiger partial charge in [0.1, 0.15) is 5.82 Å². The second-order valence-corrected chi connectivity index (χ2v) is 5.19. The van der Waals surface area contributed by atoms with E-state index in [1.54, 1.807) is 0 Å². The quantitative estimate of drug-likeness (QED) is 0.711. The molecule has 16 heavy (non-hydrogen) atoms. The van der Waals surface area contributed by atoms with Crippen LogP contribution in [0.2, 0.25) is 0 Å². The fourth-order valence-corrected chi connectivity index (χ4v) is 1.76. The maximum Gasteiger partial charge on any atom is 0.139 e. The second kappa shape index (κ2) is 3.78. The molecule has 2 heteroatoms. The molecule has 1 aromatic carbocycles. The zero-order chi connectivity index (χ0) is 11.8. The van der Waals surface area contributed by atoms with Gasteiger partial charge in [-0.25, -0.2) is 4.98 Å². The molecule has 2 aromatic rings. The van der Waals surface area contributed by atoms with Crippen LogP contribution in [0.3, 0.4) is 0 Å². The summed E-state index contributed by atoms with van der Waals surface area (Å²) in [6.45, 7) is 6.67. The Morgan fingerprint density at radius 2 is 1.69 bits per heavy atom. The fraction of sp³-hybridized carbons (Fsp3) is 0.357. The zero-order valence-corrected chi connectivity index (χ0v) is 10.4. The molecule has 1 aromatic heterocycles.